The molecule has 1 aliphatic carbocycles. The van der Waals surface area contributed by atoms with E-state index >= 15 is 0 Å². The Bertz CT molecular complexity index is 419. The molecule has 0 amide bonds. The van der Waals surface area contributed by atoms with E-state index in [0.717, 1.165) is 25.3 Å². The fourth-order valence-corrected chi connectivity index (χ4v) is 2.92. The molecule has 0 bridgehead atoms. The fourth-order valence-electron chi connectivity index (χ4n) is 2.92. The van der Waals surface area contributed by atoms with Gasteiger partial charge in [0.1, 0.15) is 11.6 Å². The molecule has 0 spiro atoms. The Balaban J connectivity index is 2.40. The van der Waals surface area contributed by atoms with Crippen LogP contribution in [0.25, 0.3) is 0 Å². The minimum absolute atomic E-state index is 0.169. The van der Waals surface area contributed by atoms with Gasteiger partial charge in [-0.05, 0) is 49.3 Å². The van der Waals surface area contributed by atoms with E-state index in [-0.39, 0.29) is 5.92 Å². The third-order valence-electron chi connectivity index (χ3n) is 4.12. The molecular weight excluding hydrogens is 220 g/mol. The van der Waals surface area contributed by atoms with Gasteiger partial charge >= 0.3 is 0 Å². The Morgan fingerprint density at radius 3 is 2.65 bits per heavy atom. The summed E-state index contributed by atoms with van der Waals surface area (Å²) in [7, 11) is 0. The van der Waals surface area contributed by atoms with Gasteiger partial charge in [-0.2, -0.15) is 0 Å². The predicted octanol–water partition coefficient (Wildman–Crippen LogP) is 3.57. The first-order valence-corrected chi connectivity index (χ1v) is 6.18. The number of benzene rings is 1. The smallest absolute Gasteiger partial charge is 0.128 e. The minimum Gasteiger partial charge on any atom is -0.321 e. The molecule has 1 nitrogen and oxygen atoms in total. The highest BCUT2D eigenvalue weighted by Crippen LogP contribution is 2.42. The quantitative estimate of drug-likeness (QED) is 0.796. The zero-order valence-electron chi connectivity index (χ0n) is 10.3. The van der Waals surface area contributed by atoms with Gasteiger partial charge in [-0.3, -0.25) is 0 Å². The summed E-state index contributed by atoms with van der Waals surface area (Å²) in [6.07, 6.45) is 2.65. The molecule has 1 aliphatic rings. The first-order valence-electron chi connectivity index (χ1n) is 6.18. The van der Waals surface area contributed by atoms with Crippen LogP contribution in [0.1, 0.15) is 38.7 Å². The highest BCUT2D eigenvalue weighted by molar-refractivity contribution is 5.28. The van der Waals surface area contributed by atoms with Crippen molar-refractivity contribution in [1.29, 1.82) is 0 Å². The highest BCUT2D eigenvalue weighted by Gasteiger charge is 2.40. The van der Waals surface area contributed by atoms with E-state index in [1.807, 2.05) is 6.92 Å². The van der Waals surface area contributed by atoms with Crippen LogP contribution in [0.2, 0.25) is 0 Å². The monoisotopic (exact) mass is 239 g/mol. The van der Waals surface area contributed by atoms with Gasteiger partial charge in [0.15, 0.2) is 0 Å². The van der Waals surface area contributed by atoms with Crippen molar-refractivity contribution < 1.29 is 8.78 Å². The Morgan fingerprint density at radius 2 is 2.00 bits per heavy atom. The van der Waals surface area contributed by atoms with Crippen molar-refractivity contribution in [3.63, 3.8) is 0 Å². The number of hydrogen-bond donors (Lipinski definition) is 1. The Morgan fingerprint density at radius 1 is 1.29 bits per heavy atom. The molecule has 2 rings (SSSR count). The summed E-state index contributed by atoms with van der Waals surface area (Å²) in [6.45, 7) is 4.21. The fraction of sp³-hybridized carbons (Fsp3) is 0.571. The Kier molecular flexibility index (Phi) is 3.21. The molecule has 3 heteroatoms. The molecule has 1 fully saturated rings. The van der Waals surface area contributed by atoms with E-state index in [9.17, 15) is 8.78 Å². The lowest BCUT2D eigenvalue weighted by molar-refractivity contribution is 0.160. The summed E-state index contributed by atoms with van der Waals surface area (Å²) < 4.78 is 27.1. The Labute approximate surface area is 101 Å². The van der Waals surface area contributed by atoms with Gasteiger partial charge in [0.25, 0.3) is 0 Å². The largest absolute Gasteiger partial charge is 0.321 e. The van der Waals surface area contributed by atoms with E-state index in [2.05, 4.69) is 6.92 Å². The lowest BCUT2D eigenvalue weighted by Gasteiger charge is -2.42. The molecule has 17 heavy (non-hydrogen) atoms. The predicted molar refractivity (Wildman–Crippen MR) is 64.4 cm³/mol. The normalized spacial score (nSPS) is 33.7. The summed E-state index contributed by atoms with van der Waals surface area (Å²) in [5, 5.41) is 0. The maximum absolute atomic E-state index is 13.8. The van der Waals surface area contributed by atoms with Gasteiger partial charge in [-0.15, -0.1) is 0 Å². The van der Waals surface area contributed by atoms with Crippen LogP contribution in [0.4, 0.5) is 8.78 Å². The Hall–Kier alpha value is -0.960. The maximum atomic E-state index is 13.8. The standard InChI is InChI=1S/C14H19F2N/c1-9-5-6-14(17,10(2)7-9)12-8-11(15)3-4-13(12)16/h3-4,8-10H,5-7,17H2,1-2H3. The minimum atomic E-state index is -0.724. The SMILES string of the molecule is CC1CCC(N)(c2cc(F)ccc2F)C(C)C1. The second-order valence-electron chi connectivity index (χ2n) is 5.45. The molecule has 0 aliphatic heterocycles. The average molecular weight is 239 g/mol. The summed E-state index contributed by atoms with van der Waals surface area (Å²) in [4.78, 5) is 0. The van der Waals surface area contributed by atoms with Crippen molar-refractivity contribution in [2.24, 2.45) is 17.6 Å². The van der Waals surface area contributed by atoms with Gasteiger partial charge < -0.3 is 5.73 Å². The van der Waals surface area contributed by atoms with Gasteiger partial charge in [0, 0.05) is 11.1 Å². The van der Waals surface area contributed by atoms with Crippen LogP contribution in [-0.4, -0.2) is 0 Å². The summed E-state index contributed by atoms with van der Waals surface area (Å²) in [5.41, 5.74) is 5.96. The van der Waals surface area contributed by atoms with Gasteiger partial charge in [0.05, 0.1) is 0 Å². The number of rotatable bonds is 1. The van der Waals surface area contributed by atoms with Crippen LogP contribution >= 0.6 is 0 Å². The molecule has 0 heterocycles. The van der Waals surface area contributed by atoms with E-state index in [1.54, 1.807) is 0 Å². The van der Waals surface area contributed by atoms with Crippen molar-refractivity contribution >= 4 is 0 Å². The zero-order valence-corrected chi connectivity index (χ0v) is 10.3. The molecule has 0 radical (unpaired) electrons. The summed E-state index contributed by atoms with van der Waals surface area (Å²) >= 11 is 0. The highest BCUT2D eigenvalue weighted by atomic mass is 19.1. The van der Waals surface area contributed by atoms with E-state index < -0.39 is 17.2 Å². The topological polar surface area (TPSA) is 26.0 Å². The molecule has 1 saturated carbocycles. The van der Waals surface area contributed by atoms with Crippen LogP contribution in [-0.2, 0) is 5.54 Å². The van der Waals surface area contributed by atoms with Crippen molar-refractivity contribution in [3.05, 3.63) is 35.4 Å². The van der Waals surface area contributed by atoms with Crippen LogP contribution in [0.3, 0.4) is 0 Å². The molecule has 1 aromatic carbocycles. The van der Waals surface area contributed by atoms with Crippen LogP contribution in [0.15, 0.2) is 18.2 Å². The van der Waals surface area contributed by atoms with Gasteiger partial charge in [0.2, 0.25) is 0 Å². The van der Waals surface area contributed by atoms with Crippen molar-refractivity contribution in [3.8, 4) is 0 Å². The second-order valence-corrected chi connectivity index (χ2v) is 5.45. The van der Waals surface area contributed by atoms with Crippen molar-refractivity contribution in [2.75, 3.05) is 0 Å². The molecule has 2 N–H and O–H groups in total. The van der Waals surface area contributed by atoms with Crippen molar-refractivity contribution in [2.45, 2.75) is 38.6 Å². The summed E-state index contributed by atoms with van der Waals surface area (Å²) in [5.74, 6) is -0.0341. The van der Waals surface area contributed by atoms with Gasteiger partial charge in [-0.1, -0.05) is 13.8 Å². The number of halogens is 2. The molecular formula is C14H19F2N. The van der Waals surface area contributed by atoms with Crippen LogP contribution in [0.5, 0.6) is 0 Å². The molecule has 0 aromatic heterocycles. The molecule has 3 unspecified atom stereocenters. The molecule has 3 atom stereocenters. The lowest BCUT2D eigenvalue weighted by atomic mass is 9.67. The number of nitrogens with two attached hydrogens (primary N) is 1. The summed E-state index contributed by atoms with van der Waals surface area (Å²) in [6, 6.07) is 3.56. The third-order valence-corrected chi connectivity index (χ3v) is 4.12. The molecule has 94 valence electrons. The zero-order chi connectivity index (χ0) is 12.6. The number of hydrogen-bond acceptors (Lipinski definition) is 1. The van der Waals surface area contributed by atoms with E-state index in [4.69, 9.17) is 5.73 Å². The molecule has 1 aromatic rings. The molecule has 0 saturated heterocycles. The van der Waals surface area contributed by atoms with Crippen molar-refractivity contribution in [1.82, 2.24) is 0 Å². The average Bonchev–Trinajstić information content (AvgIpc) is 2.27. The third kappa shape index (κ3) is 2.21. The van der Waals surface area contributed by atoms with E-state index in [0.29, 0.717) is 11.5 Å². The van der Waals surface area contributed by atoms with Crippen LogP contribution < -0.4 is 5.73 Å². The van der Waals surface area contributed by atoms with Gasteiger partial charge in [-0.25, -0.2) is 8.78 Å². The van der Waals surface area contributed by atoms with Crippen LogP contribution in [0, 0.1) is 23.5 Å². The second kappa shape index (κ2) is 4.37. The van der Waals surface area contributed by atoms with E-state index in [1.165, 1.54) is 12.1 Å². The first kappa shape index (κ1) is 12.5. The lowest BCUT2D eigenvalue weighted by Crippen LogP contribution is -2.47. The maximum Gasteiger partial charge on any atom is 0.128 e. The first-order chi connectivity index (χ1) is 7.93.